The van der Waals surface area contributed by atoms with Gasteiger partial charge in [-0.05, 0) is 37.2 Å². The van der Waals surface area contributed by atoms with Crippen molar-refractivity contribution in [3.05, 3.63) is 18.3 Å². The molecule has 2 N–H and O–H groups in total. The van der Waals surface area contributed by atoms with Crippen LogP contribution in [-0.4, -0.2) is 43.4 Å². The molecule has 1 aliphatic heterocycles. The molecule has 0 aliphatic carbocycles. The van der Waals surface area contributed by atoms with Crippen LogP contribution in [0.15, 0.2) is 18.3 Å². The van der Waals surface area contributed by atoms with E-state index in [1.165, 1.54) is 12.8 Å². The van der Waals surface area contributed by atoms with E-state index in [0.717, 1.165) is 24.6 Å². The van der Waals surface area contributed by atoms with Crippen molar-refractivity contribution < 1.29 is 4.74 Å². The maximum atomic E-state index is 5.17. The minimum atomic E-state index is 0.591. The first kappa shape index (κ1) is 14.0. The number of methoxy groups -OCH3 is 1. The van der Waals surface area contributed by atoms with E-state index in [0.29, 0.717) is 18.3 Å². The molecule has 1 aromatic heterocycles. The number of rotatable bonds is 5. The van der Waals surface area contributed by atoms with Gasteiger partial charge in [-0.15, -0.1) is 0 Å². The van der Waals surface area contributed by atoms with Gasteiger partial charge in [-0.1, -0.05) is 0 Å². The molecule has 0 saturated carbocycles. The third-order valence-electron chi connectivity index (χ3n) is 3.03. The Morgan fingerprint density at radius 3 is 2.84 bits per heavy atom. The standard InChI is InChI=1S/C13H20N4OS/c1-18-9-6-14-13(19)16-11-4-5-12(15-10-11)17-7-2-3-8-17/h4-5,10H,2-3,6-9H2,1H3,(H2,14,16,19). The molecule has 0 spiro atoms. The van der Waals surface area contributed by atoms with Crippen molar-refractivity contribution in [2.24, 2.45) is 0 Å². The average molecular weight is 280 g/mol. The van der Waals surface area contributed by atoms with Gasteiger partial charge in [0.25, 0.3) is 0 Å². The summed E-state index contributed by atoms with van der Waals surface area (Å²) in [6, 6.07) is 4.04. The first-order valence-electron chi connectivity index (χ1n) is 6.54. The number of thiocarbonyl (C=S) groups is 1. The minimum Gasteiger partial charge on any atom is -0.383 e. The molecule has 1 fully saturated rings. The molecule has 0 aromatic carbocycles. The van der Waals surface area contributed by atoms with Crippen LogP contribution in [0.5, 0.6) is 0 Å². The van der Waals surface area contributed by atoms with Crippen molar-refractivity contribution in [2.75, 3.05) is 43.6 Å². The van der Waals surface area contributed by atoms with Crippen LogP contribution < -0.4 is 15.5 Å². The lowest BCUT2D eigenvalue weighted by Gasteiger charge is -2.16. The van der Waals surface area contributed by atoms with Crippen LogP contribution >= 0.6 is 12.2 Å². The molecule has 0 radical (unpaired) electrons. The van der Waals surface area contributed by atoms with Crippen LogP contribution in [0.2, 0.25) is 0 Å². The van der Waals surface area contributed by atoms with Gasteiger partial charge in [0, 0.05) is 26.7 Å². The molecule has 2 heterocycles. The maximum Gasteiger partial charge on any atom is 0.170 e. The zero-order chi connectivity index (χ0) is 13.5. The number of nitrogens with zero attached hydrogens (tertiary/aromatic N) is 2. The summed E-state index contributed by atoms with van der Waals surface area (Å²) < 4.78 is 4.95. The largest absolute Gasteiger partial charge is 0.383 e. The van der Waals surface area contributed by atoms with Crippen molar-refractivity contribution in [3.8, 4) is 0 Å². The second-order valence-corrected chi connectivity index (χ2v) is 4.88. The van der Waals surface area contributed by atoms with Crippen molar-refractivity contribution in [1.29, 1.82) is 0 Å². The summed E-state index contributed by atoms with van der Waals surface area (Å²) in [6.45, 7) is 3.54. The van der Waals surface area contributed by atoms with Crippen molar-refractivity contribution in [2.45, 2.75) is 12.8 Å². The fraction of sp³-hybridized carbons (Fsp3) is 0.538. The molecule has 0 unspecified atom stereocenters. The van der Waals surface area contributed by atoms with Crippen LogP contribution in [0.4, 0.5) is 11.5 Å². The van der Waals surface area contributed by atoms with Crippen LogP contribution in [0.3, 0.4) is 0 Å². The molecule has 2 rings (SSSR count). The van der Waals surface area contributed by atoms with E-state index in [9.17, 15) is 0 Å². The Kier molecular flexibility index (Phi) is 5.35. The highest BCUT2D eigenvalue weighted by molar-refractivity contribution is 7.80. The molecule has 5 nitrogen and oxygen atoms in total. The van der Waals surface area contributed by atoms with Gasteiger partial charge in [0.15, 0.2) is 5.11 Å². The first-order valence-corrected chi connectivity index (χ1v) is 6.95. The number of anilines is 2. The quantitative estimate of drug-likeness (QED) is 0.631. The molecular formula is C13H20N4OS. The molecular weight excluding hydrogens is 260 g/mol. The molecule has 0 amide bonds. The smallest absolute Gasteiger partial charge is 0.170 e. The summed E-state index contributed by atoms with van der Waals surface area (Å²) in [5.41, 5.74) is 0.901. The van der Waals surface area contributed by atoms with E-state index in [4.69, 9.17) is 17.0 Å². The Hall–Kier alpha value is -1.40. The fourth-order valence-corrected chi connectivity index (χ4v) is 2.26. The summed E-state index contributed by atoms with van der Waals surface area (Å²) >= 11 is 5.17. The Morgan fingerprint density at radius 1 is 1.42 bits per heavy atom. The van der Waals surface area contributed by atoms with Crippen LogP contribution in [0, 0.1) is 0 Å². The zero-order valence-electron chi connectivity index (χ0n) is 11.2. The summed E-state index contributed by atoms with van der Waals surface area (Å²) in [7, 11) is 1.67. The van der Waals surface area contributed by atoms with Gasteiger partial charge < -0.3 is 20.3 Å². The number of pyridine rings is 1. The van der Waals surface area contributed by atoms with Gasteiger partial charge in [-0.3, -0.25) is 0 Å². The number of hydrogen-bond donors (Lipinski definition) is 2. The van der Waals surface area contributed by atoms with Crippen LogP contribution in [0.25, 0.3) is 0 Å². The minimum absolute atomic E-state index is 0.591. The van der Waals surface area contributed by atoms with Crippen LogP contribution in [0.1, 0.15) is 12.8 Å². The normalized spacial score (nSPS) is 14.5. The highest BCUT2D eigenvalue weighted by Crippen LogP contribution is 2.18. The van der Waals surface area contributed by atoms with E-state index >= 15 is 0 Å². The number of ether oxygens (including phenoxy) is 1. The monoisotopic (exact) mass is 280 g/mol. The lowest BCUT2D eigenvalue weighted by atomic mass is 10.4. The van der Waals surface area contributed by atoms with Gasteiger partial charge in [0.05, 0.1) is 18.5 Å². The lowest BCUT2D eigenvalue weighted by molar-refractivity contribution is 0.204. The summed E-state index contributed by atoms with van der Waals surface area (Å²) in [5.74, 6) is 1.04. The zero-order valence-corrected chi connectivity index (χ0v) is 12.0. The summed E-state index contributed by atoms with van der Waals surface area (Å²) in [4.78, 5) is 6.77. The third kappa shape index (κ3) is 4.33. The predicted molar refractivity (Wildman–Crippen MR) is 81.8 cm³/mol. The van der Waals surface area contributed by atoms with E-state index < -0.39 is 0 Å². The molecule has 104 valence electrons. The molecule has 19 heavy (non-hydrogen) atoms. The summed E-state index contributed by atoms with van der Waals surface area (Å²) in [5, 5.41) is 6.75. The first-order chi connectivity index (χ1) is 9.29. The number of hydrogen-bond acceptors (Lipinski definition) is 4. The van der Waals surface area contributed by atoms with Crippen molar-refractivity contribution in [3.63, 3.8) is 0 Å². The number of aromatic nitrogens is 1. The Labute approximate surface area is 119 Å². The second-order valence-electron chi connectivity index (χ2n) is 4.47. The Bertz CT molecular complexity index is 404. The van der Waals surface area contributed by atoms with Gasteiger partial charge in [-0.2, -0.15) is 0 Å². The number of nitrogens with one attached hydrogen (secondary N) is 2. The molecule has 1 aliphatic rings. The third-order valence-corrected chi connectivity index (χ3v) is 3.27. The molecule has 0 bridgehead atoms. The Morgan fingerprint density at radius 2 is 2.21 bits per heavy atom. The molecule has 6 heteroatoms. The SMILES string of the molecule is COCCNC(=S)Nc1ccc(N2CCCC2)nc1. The van der Waals surface area contributed by atoms with E-state index in [1.54, 1.807) is 7.11 Å². The average Bonchev–Trinajstić information content (AvgIpc) is 2.94. The van der Waals surface area contributed by atoms with Gasteiger partial charge in [0.1, 0.15) is 5.82 Å². The molecule has 0 atom stereocenters. The van der Waals surface area contributed by atoms with Gasteiger partial charge in [0.2, 0.25) is 0 Å². The van der Waals surface area contributed by atoms with Gasteiger partial charge in [-0.25, -0.2) is 4.98 Å². The van der Waals surface area contributed by atoms with Crippen LogP contribution in [-0.2, 0) is 4.74 Å². The Balaban J connectivity index is 1.82. The second kappa shape index (κ2) is 7.25. The van der Waals surface area contributed by atoms with E-state index in [-0.39, 0.29) is 0 Å². The predicted octanol–water partition coefficient (Wildman–Crippen LogP) is 1.61. The van der Waals surface area contributed by atoms with Gasteiger partial charge >= 0.3 is 0 Å². The highest BCUT2D eigenvalue weighted by Gasteiger charge is 2.12. The maximum absolute atomic E-state index is 5.17. The molecule has 1 aromatic rings. The van der Waals surface area contributed by atoms with E-state index in [2.05, 4.69) is 20.5 Å². The molecule has 1 saturated heterocycles. The topological polar surface area (TPSA) is 49.4 Å². The lowest BCUT2D eigenvalue weighted by Crippen LogP contribution is -2.31. The highest BCUT2D eigenvalue weighted by atomic mass is 32.1. The summed E-state index contributed by atoms with van der Waals surface area (Å²) in [6.07, 6.45) is 4.34. The van der Waals surface area contributed by atoms with Crippen molar-refractivity contribution >= 4 is 28.8 Å². The fourth-order valence-electron chi connectivity index (χ4n) is 2.04. The van der Waals surface area contributed by atoms with Crippen molar-refractivity contribution in [1.82, 2.24) is 10.3 Å². The van der Waals surface area contributed by atoms with E-state index in [1.807, 2.05) is 18.3 Å².